The third-order valence-corrected chi connectivity index (χ3v) is 7.53. The number of ether oxygens (including phenoxy) is 1. The summed E-state index contributed by atoms with van der Waals surface area (Å²) < 4.78 is 7.17. The third kappa shape index (κ3) is 4.15. The molecule has 2 bridgehead atoms. The van der Waals surface area contributed by atoms with Crippen LogP contribution in [-0.2, 0) is 6.54 Å². The van der Waals surface area contributed by atoms with E-state index >= 15 is 0 Å². The van der Waals surface area contributed by atoms with Gasteiger partial charge in [-0.15, -0.1) is 0 Å². The number of pyridine rings is 1. The molecule has 1 aromatic carbocycles. The Morgan fingerprint density at radius 1 is 1.03 bits per heavy atom. The zero-order valence-corrected chi connectivity index (χ0v) is 18.9. The smallest absolute Gasteiger partial charge is 0.274 e. The van der Waals surface area contributed by atoms with Crippen LogP contribution in [0.3, 0.4) is 0 Å². The van der Waals surface area contributed by atoms with Crippen molar-refractivity contribution in [1.82, 2.24) is 9.47 Å². The summed E-state index contributed by atoms with van der Waals surface area (Å²) >= 11 is 0. The summed E-state index contributed by atoms with van der Waals surface area (Å²) in [6.45, 7) is 2.95. The van der Waals surface area contributed by atoms with Crippen LogP contribution in [0, 0.1) is 11.8 Å². The van der Waals surface area contributed by atoms with Crippen molar-refractivity contribution >= 4 is 11.6 Å². The number of nitrogens with zero attached hydrogens (tertiary/aromatic N) is 2. The zero-order chi connectivity index (χ0) is 22.1. The van der Waals surface area contributed by atoms with Crippen molar-refractivity contribution in [2.24, 2.45) is 11.8 Å². The number of amides is 1. The van der Waals surface area contributed by atoms with E-state index in [1.54, 1.807) is 7.11 Å². The molecular formula is C26H33N3O3. The quantitative estimate of drug-likeness (QED) is 0.768. The number of carbonyl (C=O) groups excluding carboxylic acids is 1. The maximum absolute atomic E-state index is 13.2. The molecule has 1 saturated heterocycles. The summed E-state index contributed by atoms with van der Waals surface area (Å²) in [6, 6.07) is 11.4. The van der Waals surface area contributed by atoms with Crippen molar-refractivity contribution in [2.75, 3.05) is 32.1 Å². The highest BCUT2D eigenvalue weighted by atomic mass is 16.5. The lowest BCUT2D eigenvalue weighted by atomic mass is 9.83. The fourth-order valence-electron chi connectivity index (χ4n) is 5.81. The van der Waals surface area contributed by atoms with Crippen LogP contribution in [0.5, 0.6) is 5.75 Å². The molecule has 6 nitrogen and oxygen atoms in total. The molecule has 0 spiro atoms. The number of aromatic nitrogens is 1. The van der Waals surface area contributed by atoms with Crippen molar-refractivity contribution < 1.29 is 9.53 Å². The molecule has 2 fully saturated rings. The summed E-state index contributed by atoms with van der Waals surface area (Å²) in [5, 5.41) is 3.45. The van der Waals surface area contributed by atoms with Crippen molar-refractivity contribution in [3.8, 4) is 5.75 Å². The van der Waals surface area contributed by atoms with Gasteiger partial charge < -0.3 is 19.5 Å². The van der Waals surface area contributed by atoms with Gasteiger partial charge in [0.05, 0.1) is 7.11 Å². The molecule has 2 unspecified atom stereocenters. The Morgan fingerprint density at radius 2 is 1.81 bits per heavy atom. The van der Waals surface area contributed by atoms with Gasteiger partial charge in [0.1, 0.15) is 11.4 Å². The Bertz CT molecular complexity index is 1020. The van der Waals surface area contributed by atoms with Gasteiger partial charge in [0.25, 0.3) is 11.5 Å². The van der Waals surface area contributed by atoms with Gasteiger partial charge in [0, 0.05) is 43.4 Å². The summed E-state index contributed by atoms with van der Waals surface area (Å²) in [7, 11) is 1.62. The Labute approximate surface area is 189 Å². The zero-order valence-electron chi connectivity index (χ0n) is 18.9. The first-order valence-corrected chi connectivity index (χ1v) is 12.0. The minimum absolute atomic E-state index is 0.0592. The molecule has 2 aromatic rings. The molecule has 32 heavy (non-hydrogen) atoms. The SMILES string of the molecule is COc1ccc(C(=O)N2CC3CC(C2)c2ccc(NCC4CCCCC4)c(=O)n2C3)cc1. The molecule has 1 amide bonds. The van der Waals surface area contributed by atoms with Gasteiger partial charge in [-0.05, 0) is 67.5 Å². The lowest BCUT2D eigenvalue weighted by Crippen LogP contribution is -2.49. The number of likely N-dealkylation sites (tertiary alicyclic amines) is 1. The molecule has 1 aliphatic carbocycles. The normalized spacial score (nSPS) is 22.8. The van der Waals surface area contributed by atoms with Gasteiger partial charge in [-0.3, -0.25) is 9.59 Å². The predicted molar refractivity (Wildman–Crippen MR) is 126 cm³/mol. The maximum Gasteiger partial charge on any atom is 0.274 e. The van der Waals surface area contributed by atoms with Gasteiger partial charge in [-0.25, -0.2) is 0 Å². The Balaban J connectivity index is 1.30. The number of piperidine rings is 1. The van der Waals surface area contributed by atoms with Crippen LogP contribution in [0.1, 0.15) is 60.5 Å². The second-order valence-corrected chi connectivity index (χ2v) is 9.71. The molecule has 6 heteroatoms. The Kier molecular flexibility index (Phi) is 5.94. The van der Waals surface area contributed by atoms with E-state index < -0.39 is 0 Å². The van der Waals surface area contributed by atoms with Crippen molar-refractivity contribution in [2.45, 2.75) is 51.0 Å². The number of anilines is 1. The van der Waals surface area contributed by atoms with E-state index in [1.807, 2.05) is 39.8 Å². The van der Waals surface area contributed by atoms with E-state index in [-0.39, 0.29) is 17.4 Å². The van der Waals surface area contributed by atoms with Gasteiger partial charge >= 0.3 is 0 Å². The van der Waals surface area contributed by atoms with Gasteiger partial charge in [0.2, 0.25) is 0 Å². The van der Waals surface area contributed by atoms with Crippen molar-refractivity contribution in [3.05, 3.63) is 58.0 Å². The minimum Gasteiger partial charge on any atom is -0.497 e. The molecule has 2 aliphatic heterocycles. The molecule has 1 N–H and O–H groups in total. The number of rotatable bonds is 5. The average Bonchev–Trinajstić information content (AvgIpc) is 2.84. The van der Waals surface area contributed by atoms with Crippen LogP contribution >= 0.6 is 0 Å². The Morgan fingerprint density at radius 3 is 2.56 bits per heavy atom. The number of benzene rings is 1. The van der Waals surface area contributed by atoms with E-state index in [2.05, 4.69) is 11.4 Å². The van der Waals surface area contributed by atoms with E-state index in [4.69, 9.17) is 4.74 Å². The van der Waals surface area contributed by atoms with Crippen LogP contribution in [-0.4, -0.2) is 42.1 Å². The van der Waals surface area contributed by atoms with E-state index in [1.165, 1.54) is 32.1 Å². The number of fused-ring (bicyclic) bond motifs is 4. The van der Waals surface area contributed by atoms with Crippen molar-refractivity contribution in [1.29, 1.82) is 0 Å². The first-order chi connectivity index (χ1) is 15.6. The van der Waals surface area contributed by atoms with Crippen LogP contribution in [0.4, 0.5) is 5.69 Å². The Hall–Kier alpha value is -2.76. The summed E-state index contributed by atoms with van der Waals surface area (Å²) in [5.74, 6) is 2.02. The molecule has 3 aliphatic rings. The highest BCUT2D eigenvalue weighted by Gasteiger charge is 2.37. The largest absolute Gasteiger partial charge is 0.497 e. The first kappa shape index (κ1) is 21.1. The van der Waals surface area contributed by atoms with Crippen LogP contribution in [0.15, 0.2) is 41.2 Å². The standard InChI is InChI=1S/C26H33N3O3/c1-32-22-9-7-20(8-10-22)25(30)28-15-19-13-21(17-28)24-12-11-23(26(31)29(24)16-19)27-14-18-5-3-2-4-6-18/h7-12,18-19,21,27H,2-6,13-17H2,1H3. The van der Waals surface area contributed by atoms with Gasteiger partial charge in [-0.1, -0.05) is 19.3 Å². The average molecular weight is 436 g/mol. The van der Waals surface area contributed by atoms with Gasteiger partial charge in [0.15, 0.2) is 0 Å². The number of carbonyl (C=O) groups is 1. The van der Waals surface area contributed by atoms with Crippen LogP contribution in [0.25, 0.3) is 0 Å². The second-order valence-electron chi connectivity index (χ2n) is 9.71. The summed E-state index contributed by atoms with van der Waals surface area (Å²) in [4.78, 5) is 28.3. The first-order valence-electron chi connectivity index (χ1n) is 12.0. The molecule has 0 radical (unpaired) electrons. The minimum atomic E-state index is 0.0592. The topological polar surface area (TPSA) is 63.6 Å². The van der Waals surface area contributed by atoms with E-state index in [0.717, 1.165) is 30.1 Å². The van der Waals surface area contributed by atoms with Crippen LogP contribution in [0.2, 0.25) is 0 Å². The monoisotopic (exact) mass is 435 g/mol. The van der Waals surface area contributed by atoms with E-state index in [0.29, 0.717) is 37.0 Å². The number of methoxy groups -OCH3 is 1. The predicted octanol–water partition coefficient (Wildman–Crippen LogP) is 4.11. The lowest BCUT2D eigenvalue weighted by Gasteiger charge is -2.43. The number of nitrogens with one attached hydrogen (secondary N) is 1. The fraction of sp³-hybridized carbons (Fsp3) is 0.538. The number of hydrogen-bond donors (Lipinski definition) is 1. The highest BCUT2D eigenvalue weighted by Crippen LogP contribution is 2.36. The fourth-order valence-corrected chi connectivity index (χ4v) is 5.81. The molecular weight excluding hydrogens is 402 g/mol. The van der Waals surface area contributed by atoms with E-state index in [9.17, 15) is 9.59 Å². The van der Waals surface area contributed by atoms with Gasteiger partial charge in [-0.2, -0.15) is 0 Å². The van der Waals surface area contributed by atoms with Crippen LogP contribution < -0.4 is 15.6 Å². The molecule has 170 valence electrons. The molecule has 5 rings (SSSR count). The molecule has 3 heterocycles. The van der Waals surface area contributed by atoms with Crippen molar-refractivity contribution in [3.63, 3.8) is 0 Å². The molecule has 1 saturated carbocycles. The molecule has 2 atom stereocenters. The maximum atomic E-state index is 13.2. The third-order valence-electron chi connectivity index (χ3n) is 7.53. The highest BCUT2D eigenvalue weighted by molar-refractivity contribution is 5.94. The lowest BCUT2D eigenvalue weighted by molar-refractivity contribution is 0.0594. The molecule has 1 aromatic heterocycles. The summed E-state index contributed by atoms with van der Waals surface area (Å²) in [5.41, 5.74) is 2.58. The summed E-state index contributed by atoms with van der Waals surface area (Å²) in [6.07, 6.45) is 7.54. The second kappa shape index (κ2) is 9.00. The number of hydrogen-bond acceptors (Lipinski definition) is 4.